The minimum absolute atomic E-state index is 0.0253. The van der Waals surface area contributed by atoms with Crippen molar-refractivity contribution in [3.63, 3.8) is 0 Å². The third kappa shape index (κ3) is 1.95. The van der Waals surface area contributed by atoms with E-state index in [0.29, 0.717) is 5.69 Å². The molecular formula is C7H7Br2NO. The zero-order valence-corrected chi connectivity index (χ0v) is 8.81. The maximum atomic E-state index is 8.79. The maximum absolute atomic E-state index is 8.79. The van der Waals surface area contributed by atoms with E-state index in [-0.39, 0.29) is 6.61 Å². The quantitative estimate of drug-likeness (QED) is 0.776. The second-order valence-corrected chi connectivity index (χ2v) is 3.84. The average molecular weight is 281 g/mol. The summed E-state index contributed by atoms with van der Waals surface area (Å²) in [6, 6.07) is 3.58. The van der Waals surface area contributed by atoms with Gasteiger partial charge in [-0.3, -0.25) is 0 Å². The molecule has 3 N–H and O–H groups in total. The molecule has 0 aliphatic heterocycles. The Morgan fingerprint density at radius 2 is 1.73 bits per heavy atom. The first kappa shape index (κ1) is 9.03. The summed E-state index contributed by atoms with van der Waals surface area (Å²) in [7, 11) is 0. The van der Waals surface area contributed by atoms with E-state index in [0.717, 1.165) is 14.5 Å². The predicted molar refractivity (Wildman–Crippen MR) is 52.2 cm³/mol. The van der Waals surface area contributed by atoms with E-state index in [1.54, 1.807) is 12.1 Å². The molecule has 0 saturated carbocycles. The average Bonchev–Trinajstić information content (AvgIpc) is 1.99. The van der Waals surface area contributed by atoms with E-state index >= 15 is 0 Å². The minimum atomic E-state index is 0.0253. The normalized spacial score (nSPS) is 10.1. The van der Waals surface area contributed by atoms with Crippen LogP contribution in [0.15, 0.2) is 21.1 Å². The lowest BCUT2D eigenvalue weighted by Crippen LogP contribution is -1.91. The lowest BCUT2D eigenvalue weighted by molar-refractivity contribution is 0.281. The van der Waals surface area contributed by atoms with Crippen LogP contribution < -0.4 is 5.73 Å². The summed E-state index contributed by atoms with van der Waals surface area (Å²) in [5, 5.41) is 8.79. The van der Waals surface area contributed by atoms with E-state index in [1.165, 1.54) is 0 Å². The molecule has 0 aliphatic carbocycles. The molecule has 0 aromatic heterocycles. The minimum Gasteiger partial charge on any atom is -0.397 e. The van der Waals surface area contributed by atoms with Crippen LogP contribution in [0.5, 0.6) is 0 Å². The second-order valence-electron chi connectivity index (χ2n) is 2.13. The van der Waals surface area contributed by atoms with Crippen LogP contribution in [0, 0.1) is 0 Å². The fourth-order valence-corrected chi connectivity index (χ4v) is 2.01. The van der Waals surface area contributed by atoms with Crippen molar-refractivity contribution in [1.82, 2.24) is 0 Å². The third-order valence-corrected chi connectivity index (χ3v) is 2.63. The predicted octanol–water partition coefficient (Wildman–Crippen LogP) is 2.29. The van der Waals surface area contributed by atoms with Crippen LogP contribution in [0.3, 0.4) is 0 Å². The number of aliphatic hydroxyl groups excluding tert-OH is 1. The fraction of sp³-hybridized carbons (Fsp3) is 0.143. The van der Waals surface area contributed by atoms with Crippen molar-refractivity contribution in [2.75, 3.05) is 5.73 Å². The highest BCUT2D eigenvalue weighted by molar-refractivity contribution is 9.11. The van der Waals surface area contributed by atoms with Gasteiger partial charge in [0.15, 0.2) is 0 Å². The number of anilines is 1. The number of nitrogen functional groups attached to an aromatic ring is 1. The third-order valence-electron chi connectivity index (χ3n) is 1.32. The van der Waals surface area contributed by atoms with E-state index < -0.39 is 0 Å². The summed E-state index contributed by atoms with van der Waals surface area (Å²) in [6.07, 6.45) is 0. The SMILES string of the molecule is Nc1c(Br)cc(CO)cc1Br. The van der Waals surface area contributed by atoms with Crippen molar-refractivity contribution in [3.05, 3.63) is 26.6 Å². The van der Waals surface area contributed by atoms with Gasteiger partial charge in [0, 0.05) is 8.95 Å². The number of halogens is 2. The van der Waals surface area contributed by atoms with Gasteiger partial charge in [-0.1, -0.05) is 0 Å². The van der Waals surface area contributed by atoms with Crippen LogP contribution in [0.1, 0.15) is 5.56 Å². The molecule has 0 amide bonds. The van der Waals surface area contributed by atoms with Crippen molar-refractivity contribution in [3.8, 4) is 0 Å². The summed E-state index contributed by atoms with van der Waals surface area (Å²) < 4.78 is 1.60. The Bertz CT molecular complexity index is 252. The first-order valence-electron chi connectivity index (χ1n) is 2.99. The summed E-state index contributed by atoms with van der Waals surface area (Å²) >= 11 is 6.54. The number of nitrogens with two attached hydrogens (primary N) is 1. The van der Waals surface area contributed by atoms with E-state index in [1.807, 2.05) is 0 Å². The molecule has 0 saturated heterocycles. The summed E-state index contributed by atoms with van der Waals surface area (Å²) in [6.45, 7) is 0.0253. The van der Waals surface area contributed by atoms with E-state index in [9.17, 15) is 0 Å². The molecule has 0 radical (unpaired) electrons. The zero-order chi connectivity index (χ0) is 8.43. The fourth-order valence-electron chi connectivity index (χ4n) is 0.728. The molecule has 0 atom stereocenters. The van der Waals surface area contributed by atoms with Crippen molar-refractivity contribution in [2.45, 2.75) is 6.61 Å². The highest BCUT2D eigenvalue weighted by Crippen LogP contribution is 2.29. The van der Waals surface area contributed by atoms with Crippen LogP contribution in [0.4, 0.5) is 5.69 Å². The van der Waals surface area contributed by atoms with Gasteiger partial charge in [-0.15, -0.1) is 0 Å². The lowest BCUT2D eigenvalue weighted by atomic mass is 10.2. The molecule has 0 aliphatic rings. The van der Waals surface area contributed by atoms with Crippen molar-refractivity contribution in [1.29, 1.82) is 0 Å². The molecule has 0 unspecified atom stereocenters. The Morgan fingerprint density at radius 3 is 2.09 bits per heavy atom. The van der Waals surface area contributed by atoms with Crippen LogP contribution in [-0.2, 0) is 6.61 Å². The highest BCUT2D eigenvalue weighted by Gasteiger charge is 2.02. The Hall–Kier alpha value is -0.0600. The van der Waals surface area contributed by atoms with Crippen molar-refractivity contribution >= 4 is 37.5 Å². The number of benzene rings is 1. The molecule has 60 valence electrons. The van der Waals surface area contributed by atoms with E-state index in [4.69, 9.17) is 10.8 Å². The molecule has 0 bridgehead atoms. The zero-order valence-electron chi connectivity index (χ0n) is 5.64. The first-order chi connectivity index (χ1) is 5.15. The lowest BCUT2D eigenvalue weighted by Gasteiger charge is -2.03. The van der Waals surface area contributed by atoms with Gasteiger partial charge in [-0.2, -0.15) is 0 Å². The Morgan fingerprint density at radius 1 is 1.27 bits per heavy atom. The number of rotatable bonds is 1. The number of hydrogen-bond donors (Lipinski definition) is 2. The van der Waals surface area contributed by atoms with Gasteiger partial charge in [0.25, 0.3) is 0 Å². The van der Waals surface area contributed by atoms with Crippen LogP contribution >= 0.6 is 31.9 Å². The molecule has 0 heterocycles. The van der Waals surface area contributed by atoms with Gasteiger partial charge in [-0.05, 0) is 49.6 Å². The molecule has 11 heavy (non-hydrogen) atoms. The Kier molecular flexibility index (Phi) is 2.92. The van der Waals surface area contributed by atoms with Crippen LogP contribution in [-0.4, -0.2) is 5.11 Å². The molecular weight excluding hydrogens is 274 g/mol. The molecule has 1 rings (SSSR count). The van der Waals surface area contributed by atoms with Gasteiger partial charge < -0.3 is 10.8 Å². The molecule has 4 heteroatoms. The summed E-state index contributed by atoms with van der Waals surface area (Å²) in [5.74, 6) is 0. The maximum Gasteiger partial charge on any atom is 0.0682 e. The Labute approximate surface area is 81.7 Å². The standard InChI is InChI=1S/C7H7Br2NO/c8-5-1-4(3-11)2-6(9)7(5)10/h1-2,11H,3,10H2. The van der Waals surface area contributed by atoms with Crippen molar-refractivity contribution < 1.29 is 5.11 Å². The van der Waals surface area contributed by atoms with Crippen LogP contribution in [0.25, 0.3) is 0 Å². The highest BCUT2D eigenvalue weighted by atomic mass is 79.9. The first-order valence-corrected chi connectivity index (χ1v) is 4.58. The smallest absolute Gasteiger partial charge is 0.0682 e. The molecule has 1 aromatic rings. The van der Waals surface area contributed by atoms with Gasteiger partial charge in [0.2, 0.25) is 0 Å². The molecule has 2 nitrogen and oxygen atoms in total. The number of aliphatic hydroxyl groups is 1. The molecule has 1 aromatic carbocycles. The summed E-state index contributed by atoms with van der Waals surface area (Å²) in [5.41, 5.74) is 7.12. The molecule has 0 spiro atoms. The number of hydrogen-bond acceptors (Lipinski definition) is 2. The Balaban J connectivity index is 3.21. The van der Waals surface area contributed by atoms with Gasteiger partial charge in [0.05, 0.1) is 12.3 Å². The molecule has 0 fully saturated rings. The van der Waals surface area contributed by atoms with Gasteiger partial charge in [0.1, 0.15) is 0 Å². The second kappa shape index (κ2) is 3.56. The summed E-state index contributed by atoms with van der Waals surface area (Å²) in [4.78, 5) is 0. The van der Waals surface area contributed by atoms with Crippen LogP contribution in [0.2, 0.25) is 0 Å². The van der Waals surface area contributed by atoms with E-state index in [2.05, 4.69) is 31.9 Å². The van der Waals surface area contributed by atoms with Gasteiger partial charge in [-0.25, -0.2) is 0 Å². The monoisotopic (exact) mass is 279 g/mol. The van der Waals surface area contributed by atoms with Gasteiger partial charge >= 0.3 is 0 Å². The largest absolute Gasteiger partial charge is 0.397 e. The topological polar surface area (TPSA) is 46.2 Å². The van der Waals surface area contributed by atoms with Crippen molar-refractivity contribution in [2.24, 2.45) is 0 Å².